The molecule has 3 aliphatic rings. The Morgan fingerprint density at radius 3 is 1.00 bits per heavy atom. The van der Waals surface area contributed by atoms with Crippen LogP contribution in [0.5, 0.6) is 0 Å². The maximum atomic E-state index is 13.5. The van der Waals surface area contributed by atoms with Gasteiger partial charge in [-0.15, -0.1) is 0 Å². The smallest absolute Gasteiger partial charge is 0.347 e. The molecule has 0 saturated carbocycles. The Morgan fingerprint density at radius 2 is 0.724 bits per heavy atom. The number of esters is 6. The number of hydrogen-bond donors (Lipinski definition) is 1. The molecule has 10 heteroatoms. The average Bonchev–Trinajstić information content (AvgIpc) is 3.27. The number of carbonyl (C=O) groups excluding carboxylic acids is 6. The molecule has 3 rings (SSSR count). The van der Waals surface area contributed by atoms with Crippen molar-refractivity contribution in [1.29, 1.82) is 0 Å². The maximum Gasteiger partial charge on any atom is 0.347 e. The summed E-state index contributed by atoms with van der Waals surface area (Å²) >= 11 is 0. The molecule has 0 radical (unpaired) electrons. The number of hydrogen-bond acceptors (Lipinski definition) is 10. The topological polar surface area (TPSA) is 150 Å². The number of carbonyl (C=O) groups is 6. The number of ether oxygens (including phenoxy) is 3. The van der Waals surface area contributed by atoms with Crippen LogP contribution in [0.1, 0.15) is 174 Å². The van der Waals surface area contributed by atoms with Gasteiger partial charge in [-0.2, -0.15) is 0 Å². The number of allylic oxidation sites excluding steroid dienone is 27. The van der Waals surface area contributed by atoms with Gasteiger partial charge in [0.05, 0.1) is 12.8 Å². The minimum atomic E-state index is -3.10. The highest BCUT2D eigenvalue weighted by Crippen LogP contribution is 2.43. The van der Waals surface area contributed by atoms with Crippen LogP contribution >= 0.6 is 0 Å². The Labute approximate surface area is 454 Å². The molecule has 0 aromatic heterocycles. The van der Waals surface area contributed by atoms with Crippen LogP contribution < -0.4 is 0 Å². The summed E-state index contributed by atoms with van der Waals surface area (Å²) in [6.45, 7) is 30.7. The minimum Gasteiger partial charge on any atom is -0.390 e. The van der Waals surface area contributed by atoms with Crippen LogP contribution in [0.15, 0.2) is 176 Å². The van der Waals surface area contributed by atoms with Crippen molar-refractivity contribution in [1.82, 2.24) is 0 Å². The van der Waals surface area contributed by atoms with Gasteiger partial charge in [0.2, 0.25) is 0 Å². The van der Waals surface area contributed by atoms with Crippen molar-refractivity contribution >= 4 is 35.8 Å². The minimum absolute atomic E-state index is 0.0921. The van der Waals surface area contributed by atoms with Gasteiger partial charge in [-0.3, -0.25) is 9.59 Å². The summed E-state index contributed by atoms with van der Waals surface area (Å²) < 4.78 is 14.7. The summed E-state index contributed by atoms with van der Waals surface area (Å²) in [5.41, 5.74) is 9.48. The number of rotatable bonds is 20. The zero-order chi connectivity index (χ0) is 57.0. The molecule has 0 amide bonds. The van der Waals surface area contributed by atoms with E-state index in [0.717, 1.165) is 73.5 Å². The summed E-state index contributed by atoms with van der Waals surface area (Å²) in [5, 5.41) is 11.6. The number of aliphatic hydroxyl groups is 1. The summed E-state index contributed by atoms with van der Waals surface area (Å²) in [4.78, 5) is 78.6. The van der Waals surface area contributed by atoms with E-state index in [-0.39, 0.29) is 16.2 Å². The molecule has 0 heterocycles. The van der Waals surface area contributed by atoms with Gasteiger partial charge in [-0.05, 0) is 170 Å². The third-order valence-electron chi connectivity index (χ3n) is 14.2. The molecule has 0 fully saturated rings. The van der Waals surface area contributed by atoms with Crippen LogP contribution in [-0.4, -0.2) is 46.5 Å². The monoisotopic (exact) mass is 1040 g/mol. The Bertz CT molecular complexity index is 2590. The van der Waals surface area contributed by atoms with Gasteiger partial charge in [0.25, 0.3) is 0 Å². The van der Waals surface area contributed by atoms with Gasteiger partial charge in [-0.1, -0.05) is 166 Å². The van der Waals surface area contributed by atoms with E-state index in [9.17, 15) is 33.9 Å². The predicted octanol–water partition coefficient (Wildman–Crippen LogP) is 15.3. The van der Waals surface area contributed by atoms with E-state index in [2.05, 4.69) is 80.5 Å². The first-order valence-corrected chi connectivity index (χ1v) is 26.7. The fourth-order valence-corrected chi connectivity index (χ4v) is 9.85. The molecule has 410 valence electrons. The quantitative estimate of drug-likeness (QED) is 0.0410. The molecular weight excluding hydrogens is 953 g/mol. The standard InChI is InChI=1S/C66H86O10/c1-45(31-34-54-51(7)28-19-37-63(54,10)11)22-16-25-48(4)40-57(67)74-60(70)43-66(73,62(72)76-59(69)42-50(6)27-18-24-47(3)33-36-56-53(9)30-21-39-65(56,14)15)44-61(71)75-58(68)41-49(5)26-17-23-46(2)32-35-55-52(8)29-20-38-64(55,12)13/h16-18,22-27,31-36,40-42,73H,19-21,28-30,37-39,43-44H2,1-15H3/b25-16+,26-17+,27-18+,34-31+,35-32+,36-33+,45-22+,46-23+,47-24+,48-40+,49-41+,50-42+. The van der Waals surface area contributed by atoms with Crippen molar-refractivity contribution in [3.63, 3.8) is 0 Å². The van der Waals surface area contributed by atoms with E-state index in [1.165, 1.54) is 52.7 Å². The fourth-order valence-electron chi connectivity index (χ4n) is 9.85. The van der Waals surface area contributed by atoms with Crippen molar-refractivity contribution < 1.29 is 48.1 Å². The molecule has 0 bridgehead atoms. The summed E-state index contributed by atoms with van der Waals surface area (Å²) in [5.74, 6) is -8.00. The molecule has 0 aromatic carbocycles. The Kier molecular flexibility index (Phi) is 24.4. The van der Waals surface area contributed by atoms with Crippen molar-refractivity contribution in [2.75, 3.05) is 0 Å². The lowest BCUT2D eigenvalue weighted by atomic mass is 9.72. The van der Waals surface area contributed by atoms with Crippen molar-refractivity contribution in [2.45, 2.75) is 180 Å². The molecule has 0 saturated heterocycles. The first kappa shape index (κ1) is 63.8. The van der Waals surface area contributed by atoms with Crippen LogP contribution in [0.2, 0.25) is 0 Å². The van der Waals surface area contributed by atoms with E-state index in [1.54, 1.807) is 57.2 Å². The Morgan fingerprint density at radius 1 is 0.447 bits per heavy atom. The second kappa shape index (κ2) is 29.1. The molecular formula is C66H86O10. The van der Waals surface area contributed by atoms with Crippen molar-refractivity contribution in [3.8, 4) is 0 Å². The van der Waals surface area contributed by atoms with Crippen LogP contribution in [0.3, 0.4) is 0 Å². The molecule has 10 nitrogen and oxygen atoms in total. The van der Waals surface area contributed by atoms with Gasteiger partial charge >= 0.3 is 35.8 Å². The van der Waals surface area contributed by atoms with Crippen LogP contribution in [0, 0.1) is 16.2 Å². The lowest BCUT2D eigenvalue weighted by Gasteiger charge is -2.33. The zero-order valence-corrected chi connectivity index (χ0v) is 48.3. The van der Waals surface area contributed by atoms with E-state index in [1.807, 2.05) is 57.2 Å². The molecule has 0 aliphatic heterocycles. The first-order chi connectivity index (χ1) is 35.4. The highest BCUT2D eigenvalue weighted by molar-refractivity contribution is 6.01. The summed E-state index contributed by atoms with van der Waals surface area (Å²) in [7, 11) is 0. The van der Waals surface area contributed by atoms with Gasteiger partial charge in [0, 0.05) is 18.2 Å². The lowest BCUT2D eigenvalue weighted by Crippen LogP contribution is -2.45. The second-order valence-electron chi connectivity index (χ2n) is 22.9. The van der Waals surface area contributed by atoms with Gasteiger partial charge in [0.15, 0.2) is 5.60 Å². The molecule has 0 unspecified atom stereocenters. The fraction of sp³-hybridized carbons (Fsp3) is 0.455. The van der Waals surface area contributed by atoms with Crippen molar-refractivity contribution in [2.24, 2.45) is 16.2 Å². The molecule has 0 spiro atoms. The molecule has 0 atom stereocenters. The lowest BCUT2D eigenvalue weighted by molar-refractivity contribution is -0.182. The molecule has 0 aromatic rings. The predicted molar refractivity (Wildman–Crippen MR) is 306 cm³/mol. The summed E-state index contributed by atoms with van der Waals surface area (Å²) in [6.07, 6.45) is 38.9. The third kappa shape index (κ3) is 21.6. The normalized spacial score (nSPS) is 20.2. The average molecular weight is 1040 g/mol. The Hall–Kier alpha value is -6.52. The maximum absolute atomic E-state index is 13.5. The van der Waals surface area contributed by atoms with E-state index in [4.69, 9.17) is 14.2 Å². The highest BCUT2D eigenvalue weighted by Gasteiger charge is 2.45. The molecule has 3 aliphatic carbocycles. The van der Waals surface area contributed by atoms with Gasteiger partial charge in [0.1, 0.15) is 0 Å². The van der Waals surface area contributed by atoms with Crippen molar-refractivity contribution in [3.05, 3.63) is 176 Å². The Balaban J connectivity index is 1.76. The summed E-state index contributed by atoms with van der Waals surface area (Å²) in [6, 6.07) is 0. The second-order valence-corrected chi connectivity index (χ2v) is 22.9. The van der Waals surface area contributed by atoms with Crippen LogP contribution in [0.25, 0.3) is 0 Å². The SMILES string of the molecule is CC1=C(/C=C/C(C)=C/C=C/C(C)=C/C(=O)OC(=O)CC(O)(CC(=O)OC(=O)/C=C(C)/C=C/C=C(C)/C=C/C2=C(C)CCCC2(C)C)C(=O)OC(=O)/C=C(C)/C=C/C=C(C)/C=C/C2=C(C)CCCC2(C)C)C(C)(C)CCC1. The third-order valence-corrected chi connectivity index (χ3v) is 14.2. The molecule has 76 heavy (non-hydrogen) atoms. The first-order valence-electron chi connectivity index (χ1n) is 26.7. The van der Waals surface area contributed by atoms with Crippen LogP contribution in [0.4, 0.5) is 0 Å². The van der Waals surface area contributed by atoms with Gasteiger partial charge in [-0.25, -0.2) is 19.2 Å². The van der Waals surface area contributed by atoms with E-state index >= 15 is 0 Å². The van der Waals surface area contributed by atoms with E-state index < -0.39 is 54.3 Å². The highest BCUT2D eigenvalue weighted by atomic mass is 16.6. The largest absolute Gasteiger partial charge is 0.390 e. The molecule has 1 N–H and O–H groups in total. The van der Waals surface area contributed by atoms with Gasteiger partial charge < -0.3 is 19.3 Å². The van der Waals surface area contributed by atoms with E-state index in [0.29, 0.717) is 16.7 Å². The zero-order valence-electron chi connectivity index (χ0n) is 48.3. The van der Waals surface area contributed by atoms with Crippen LogP contribution in [-0.2, 0) is 43.0 Å².